The second-order valence-electron chi connectivity index (χ2n) is 10.0. The highest BCUT2D eigenvalue weighted by Gasteiger charge is 2.45. The van der Waals surface area contributed by atoms with Gasteiger partial charge in [-0.15, -0.1) is 0 Å². The summed E-state index contributed by atoms with van der Waals surface area (Å²) in [5.41, 5.74) is 1.47. The molecule has 0 saturated carbocycles. The molecule has 1 amide bonds. The predicted molar refractivity (Wildman–Crippen MR) is 152 cm³/mol. The van der Waals surface area contributed by atoms with Crippen LogP contribution < -0.4 is 4.74 Å². The predicted octanol–water partition coefficient (Wildman–Crippen LogP) is 6.82. The number of rotatable bonds is 15. The Bertz CT molecular complexity index is 1140. The molecule has 7 nitrogen and oxygen atoms in total. The van der Waals surface area contributed by atoms with Gasteiger partial charge in [0.25, 0.3) is 11.7 Å². The fourth-order valence-electron chi connectivity index (χ4n) is 5.05. The van der Waals surface area contributed by atoms with E-state index in [9.17, 15) is 19.5 Å². The van der Waals surface area contributed by atoms with Gasteiger partial charge in [0.2, 0.25) is 0 Å². The van der Waals surface area contributed by atoms with Crippen molar-refractivity contribution in [1.82, 2.24) is 4.90 Å². The molecule has 0 bridgehead atoms. The van der Waals surface area contributed by atoms with Crippen molar-refractivity contribution >= 4 is 23.4 Å². The highest BCUT2D eigenvalue weighted by Crippen LogP contribution is 2.40. The number of aliphatic hydroxyl groups excluding tert-OH is 1. The van der Waals surface area contributed by atoms with Gasteiger partial charge in [0.1, 0.15) is 11.5 Å². The maximum absolute atomic E-state index is 13.2. The zero-order chi connectivity index (χ0) is 28.2. The quantitative estimate of drug-likeness (QED) is 0.0884. The number of nitrogens with zero attached hydrogens (tertiary/aromatic N) is 1. The standard InChI is InChI=1S/C32H41NO6/c1-4-5-6-7-8-9-10-11-12-13-22-33-28(23-14-16-25(17-15-23)32(37)39-3)27(30(35)31(33)36)29(34)24-18-20-26(38-2)21-19-24/h14-21,28,34H,4-13,22H2,1-3H3/t28-/m1/s1. The number of hydrogen-bond donors (Lipinski definition) is 1. The van der Waals surface area contributed by atoms with Crippen molar-refractivity contribution in [3.8, 4) is 5.75 Å². The van der Waals surface area contributed by atoms with Crippen molar-refractivity contribution in [2.45, 2.75) is 77.2 Å². The summed E-state index contributed by atoms with van der Waals surface area (Å²) < 4.78 is 9.99. The molecule has 1 heterocycles. The van der Waals surface area contributed by atoms with Crippen LogP contribution in [0, 0.1) is 0 Å². The lowest BCUT2D eigenvalue weighted by Crippen LogP contribution is -2.30. The molecule has 1 aliphatic rings. The van der Waals surface area contributed by atoms with E-state index in [1.165, 1.54) is 52.1 Å². The van der Waals surface area contributed by atoms with Crippen LogP contribution in [0.25, 0.3) is 5.76 Å². The summed E-state index contributed by atoms with van der Waals surface area (Å²) >= 11 is 0. The van der Waals surface area contributed by atoms with Crippen LogP contribution in [0.1, 0.15) is 98.7 Å². The zero-order valence-corrected chi connectivity index (χ0v) is 23.4. The summed E-state index contributed by atoms with van der Waals surface area (Å²) in [5, 5.41) is 11.2. The van der Waals surface area contributed by atoms with Crippen LogP contribution in [0.3, 0.4) is 0 Å². The van der Waals surface area contributed by atoms with Crippen LogP contribution in [0.2, 0.25) is 0 Å². The molecule has 0 aliphatic carbocycles. The van der Waals surface area contributed by atoms with Gasteiger partial charge >= 0.3 is 5.97 Å². The molecular formula is C32H41NO6. The molecule has 1 atom stereocenters. The Morgan fingerprint density at radius 1 is 0.795 bits per heavy atom. The Balaban J connectivity index is 1.78. The number of ether oxygens (including phenoxy) is 2. The fourth-order valence-corrected chi connectivity index (χ4v) is 5.05. The van der Waals surface area contributed by atoms with Gasteiger partial charge in [-0.2, -0.15) is 0 Å². The number of benzene rings is 2. The normalized spacial score (nSPS) is 16.5. The number of unbranched alkanes of at least 4 members (excludes halogenated alkanes) is 9. The number of ketones is 1. The van der Waals surface area contributed by atoms with Gasteiger partial charge in [-0.25, -0.2) is 4.79 Å². The van der Waals surface area contributed by atoms with Gasteiger partial charge in [0.05, 0.1) is 31.4 Å². The Morgan fingerprint density at radius 2 is 1.33 bits per heavy atom. The number of Topliss-reactive ketones (excluding diaryl/α,β-unsaturated/α-hetero) is 1. The number of carbonyl (C=O) groups excluding carboxylic acids is 3. The van der Waals surface area contributed by atoms with Crippen LogP contribution in [-0.4, -0.2) is 48.4 Å². The van der Waals surface area contributed by atoms with Gasteiger partial charge in [-0.05, 0) is 48.4 Å². The van der Waals surface area contributed by atoms with Gasteiger partial charge < -0.3 is 19.5 Å². The Kier molecular flexibility index (Phi) is 11.6. The minimum atomic E-state index is -0.752. The SMILES string of the molecule is CCCCCCCCCCCCN1C(=O)C(=O)C(=C(O)c2ccc(OC)cc2)[C@H]1c1ccc(C(=O)OC)cc1. The van der Waals surface area contributed by atoms with Crippen molar-refractivity contribution in [3.63, 3.8) is 0 Å². The summed E-state index contributed by atoms with van der Waals surface area (Å²) in [4.78, 5) is 39.9. The average Bonchev–Trinajstić information content (AvgIpc) is 3.22. The molecule has 0 aromatic heterocycles. The van der Waals surface area contributed by atoms with E-state index >= 15 is 0 Å². The van der Waals surface area contributed by atoms with Crippen LogP contribution in [-0.2, 0) is 14.3 Å². The summed E-state index contributed by atoms with van der Waals surface area (Å²) in [5.74, 6) is -1.42. The molecule has 1 fully saturated rings. The van der Waals surface area contributed by atoms with E-state index in [0.717, 1.165) is 19.3 Å². The minimum Gasteiger partial charge on any atom is -0.507 e. The van der Waals surface area contributed by atoms with Gasteiger partial charge in [0, 0.05) is 12.1 Å². The molecule has 1 N–H and O–H groups in total. The maximum Gasteiger partial charge on any atom is 0.337 e. The molecule has 210 valence electrons. The first kappa shape index (κ1) is 29.9. The molecule has 2 aromatic rings. The first-order valence-corrected chi connectivity index (χ1v) is 14.0. The molecule has 0 radical (unpaired) electrons. The molecule has 39 heavy (non-hydrogen) atoms. The molecule has 0 unspecified atom stereocenters. The van der Waals surface area contributed by atoms with Gasteiger partial charge in [0.15, 0.2) is 0 Å². The van der Waals surface area contributed by atoms with Crippen LogP contribution in [0.15, 0.2) is 54.1 Å². The topological polar surface area (TPSA) is 93.1 Å². The van der Waals surface area contributed by atoms with Gasteiger partial charge in [-0.3, -0.25) is 9.59 Å². The first-order chi connectivity index (χ1) is 18.9. The van der Waals surface area contributed by atoms with Crippen molar-refractivity contribution < 1.29 is 29.0 Å². The van der Waals surface area contributed by atoms with Crippen molar-refractivity contribution in [2.75, 3.05) is 20.8 Å². The van der Waals surface area contributed by atoms with Crippen LogP contribution in [0.4, 0.5) is 0 Å². The second kappa shape index (κ2) is 15.1. The van der Waals surface area contributed by atoms with E-state index in [4.69, 9.17) is 9.47 Å². The third-order valence-corrected chi connectivity index (χ3v) is 7.30. The molecular weight excluding hydrogens is 494 g/mol. The van der Waals surface area contributed by atoms with E-state index in [0.29, 0.717) is 29.0 Å². The lowest BCUT2D eigenvalue weighted by molar-refractivity contribution is -0.139. The monoisotopic (exact) mass is 535 g/mol. The van der Waals surface area contributed by atoms with E-state index in [2.05, 4.69) is 6.92 Å². The molecule has 1 saturated heterocycles. The summed E-state index contributed by atoms with van der Waals surface area (Å²) in [6.45, 7) is 2.63. The van der Waals surface area contributed by atoms with Crippen LogP contribution in [0.5, 0.6) is 5.75 Å². The Morgan fingerprint density at radius 3 is 1.87 bits per heavy atom. The third kappa shape index (κ3) is 7.71. The largest absolute Gasteiger partial charge is 0.507 e. The third-order valence-electron chi connectivity index (χ3n) is 7.30. The molecule has 2 aromatic carbocycles. The van der Waals surface area contributed by atoms with Crippen LogP contribution >= 0.6 is 0 Å². The summed E-state index contributed by atoms with van der Waals surface area (Å²) in [6, 6.07) is 12.6. The first-order valence-electron chi connectivity index (χ1n) is 14.0. The number of aliphatic hydroxyl groups is 1. The van der Waals surface area contributed by atoms with Crippen molar-refractivity contribution in [1.29, 1.82) is 0 Å². The molecule has 1 aliphatic heterocycles. The molecule has 3 rings (SSSR count). The van der Waals surface area contributed by atoms with E-state index in [1.54, 1.807) is 60.5 Å². The minimum absolute atomic E-state index is 0.0445. The summed E-state index contributed by atoms with van der Waals surface area (Å²) in [7, 11) is 2.86. The fraction of sp³-hybridized carbons (Fsp3) is 0.469. The highest BCUT2D eigenvalue weighted by atomic mass is 16.5. The number of esters is 1. The van der Waals surface area contributed by atoms with Crippen molar-refractivity contribution in [3.05, 3.63) is 70.8 Å². The summed E-state index contributed by atoms with van der Waals surface area (Å²) in [6.07, 6.45) is 11.6. The van der Waals surface area contributed by atoms with Gasteiger partial charge in [-0.1, -0.05) is 76.8 Å². The lowest BCUT2D eigenvalue weighted by atomic mass is 9.94. The lowest BCUT2D eigenvalue weighted by Gasteiger charge is -2.25. The Hall–Kier alpha value is -3.61. The van der Waals surface area contributed by atoms with E-state index in [-0.39, 0.29) is 11.3 Å². The van der Waals surface area contributed by atoms with Crippen molar-refractivity contribution in [2.24, 2.45) is 0 Å². The highest BCUT2D eigenvalue weighted by molar-refractivity contribution is 6.46. The smallest absolute Gasteiger partial charge is 0.337 e. The molecule has 7 heteroatoms. The number of carbonyl (C=O) groups is 3. The number of amides is 1. The van der Waals surface area contributed by atoms with E-state index < -0.39 is 23.7 Å². The zero-order valence-electron chi connectivity index (χ0n) is 23.4. The average molecular weight is 536 g/mol. The molecule has 0 spiro atoms. The Labute approximate surface area is 231 Å². The number of methoxy groups -OCH3 is 2. The van der Waals surface area contributed by atoms with E-state index in [1.807, 2.05) is 0 Å². The number of hydrogen-bond acceptors (Lipinski definition) is 6. The maximum atomic E-state index is 13.2. The second-order valence-corrected chi connectivity index (χ2v) is 10.0. The number of likely N-dealkylation sites (tertiary alicyclic amines) is 1.